The summed E-state index contributed by atoms with van der Waals surface area (Å²) in [4.78, 5) is 26.4. The molecule has 0 spiro atoms. The highest BCUT2D eigenvalue weighted by atomic mass is 16.4. The lowest BCUT2D eigenvalue weighted by molar-refractivity contribution is 0.0682. The van der Waals surface area contributed by atoms with Crippen LogP contribution in [0.4, 0.5) is 0 Å². The minimum atomic E-state index is -1.16. The van der Waals surface area contributed by atoms with Crippen LogP contribution in [0.15, 0.2) is 18.3 Å². The SMILES string of the molecule is CC(C)(C)Cc1nc(C(=O)O)c2cc(C(=O)O)ccn12. The molecule has 2 N–H and O–H groups in total. The molecule has 0 saturated heterocycles. The summed E-state index contributed by atoms with van der Waals surface area (Å²) in [6.07, 6.45) is 2.15. The number of hydrogen-bond acceptors (Lipinski definition) is 3. The standard InChI is InChI=1S/C14H16N2O4/c1-14(2,3)7-10-15-11(13(19)20)9-6-8(12(17)18)4-5-16(9)10/h4-6H,7H2,1-3H3,(H,17,18)(H,19,20). The Kier molecular flexibility index (Phi) is 3.25. The molecule has 20 heavy (non-hydrogen) atoms. The van der Waals surface area contributed by atoms with E-state index in [0.29, 0.717) is 17.8 Å². The average Bonchev–Trinajstić information content (AvgIpc) is 2.65. The third kappa shape index (κ3) is 2.64. The Morgan fingerprint density at radius 2 is 1.90 bits per heavy atom. The Labute approximate surface area is 115 Å². The van der Waals surface area contributed by atoms with Gasteiger partial charge in [-0.1, -0.05) is 20.8 Å². The monoisotopic (exact) mass is 276 g/mol. The van der Waals surface area contributed by atoms with Gasteiger partial charge in [0.25, 0.3) is 0 Å². The highest BCUT2D eigenvalue weighted by molar-refractivity contribution is 5.96. The molecule has 0 aliphatic heterocycles. The Balaban J connectivity index is 2.67. The second-order valence-corrected chi connectivity index (χ2v) is 5.90. The molecule has 0 radical (unpaired) electrons. The van der Waals surface area contributed by atoms with Gasteiger partial charge in [0.1, 0.15) is 5.82 Å². The molecule has 0 saturated carbocycles. The van der Waals surface area contributed by atoms with Crippen LogP contribution in [0, 0.1) is 5.41 Å². The fourth-order valence-corrected chi connectivity index (χ4v) is 2.04. The molecule has 0 atom stereocenters. The van der Waals surface area contributed by atoms with Crippen molar-refractivity contribution in [1.82, 2.24) is 9.38 Å². The van der Waals surface area contributed by atoms with E-state index in [1.807, 2.05) is 20.8 Å². The number of carboxylic acid groups (broad SMARTS) is 2. The van der Waals surface area contributed by atoms with Crippen molar-refractivity contribution in [2.24, 2.45) is 5.41 Å². The highest BCUT2D eigenvalue weighted by Crippen LogP contribution is 2.23. The topological polar surface area (TPSA) is 91.9 Å². The van der Waals surface area contributed by atoms with Crippen molar-refractivity contribution in [2.75, 3.05) is 0 Å². The van der Waals surface area contributed by atoms with Gasteiger partial charge in [-0.05, 0) is 17.5 Å². The first-order valence-corrected chi connectivity index (χ1v) is 6.16. The second kappa shape index (κ2) is 4.63. The van der Waals surface area contributed by atoms with Crippen LogP contribution in [0.25, 0.3) is 5.52 Å². The first kappa shape index (κ1) is 14.0. The number of fused-ring (bicyclic) bond motifs is 1. The summed E-state index contributed by atoms with van der Waals surface area (Å²) in [5.41, 5.74) is 0.175. The van der Waals surface area contributed by atoms with E-state index in [9.17, 15) is 14.7 Å². The normalized spacial score (nSPS) is 11.8. The maximum atomic E-state index is 11.3. The van der Waals surface area contributed by atoms with Crippen LogP contribution >= 0.6 is 0 Å². The number of aromatic nitrogens is 2. The number of pyridine rings is 1. The number of aromatic carboxylic acids is 2. The molecule has 0 aliphatic rings. The zero-order chi connectivity index (χ0) is 15.1. The summed E-state index contributed by atoms with van der Waals surface area (Å²) in [6.45, 7) is 6.08. The Hall–Kier alpha value is -2.37. The third-order valence-electron chi connectivity index (χ3n) is 2.85. The highest BCUT2D eigenvalue weighted by Gasteiger charge is 2.21. The number of hydrogen-bond donors (Lipinski definition) is 2. The van der Waals surface area contributed by atoms with Crippen LogP contribution in [0.1, 0.15) is 47.4 Å². The van der Waals surface area contributed by atoms with Crippen LogP contribution < -0.4 is 0 Å². The van der Waals surface area contributed by atoms with Gasteiger partial charge in [0.2, 0.25) is 0 Å². The summed E-state index contributed by atoms with van der Waals surface area (Å²) < 4.78 is 1.64. The number of nitrogens with zero attached hydrogens (tertiary/aromatic N) is 2. The summed E-state index contributed by atoms with van der Waals surface area (Å²) in [7, 11) is 0. The Bertz CT molecular complexity index is 695. The summed E-state index contributed by atoms with van der Waals surface area (Å²) >= 11 is 0. The van der Waals surface area contributed by atoms with Crippen LogP contribution in [0.3, 0.4) is 0 Å². The molecule has 2 heterocycles. The number of carbonyl (C=O) groups is 2. The predicted molar refractivity (Wildman–Crippen MR) is 72.3 cm³/mol. The van der Waals surface area contributed by atoms with Crippen LogP contribution in [0.2, 0.25) is 0 Å². The molecule has 2 aromatic rings. The lowest BCUT2D eigenvalue weighted by atomic mass is 9.92. The van der Waals surface area contributed by atoms with Crippen molar-refractivity contribution in [3.63, 3.8) is 0 Å². The van der Waals surface area contributed by atoms with Gasteiger partial charge in [0, 0.05) is 12.6 Å². The van der Waals surface area contributed by atoms with E-state index in [2.05, 4.69) is 4.98 Å². The van der Waals surface area contributed by atoms with Crippen LogP contribution in [-0.2, 0) is 6.42 Å². The summed E-state index contributed by atoms with van der Waals surface area (Å²) in [6, 6.07) is 2.78. The van der Waals surface area contributed by atoms with Crippen LogP contribution in [0.5, 0.6) is 0 Å². The molecule has 0 unspecified atom stereocenters. The molecule has 6 heteroatoms. The molecule has 2 rings (SSSR count). The molecule has 0 bridgehead atoms. The van der Waals surface area contributed by atoms with Gasteiger partial charge in [-0.25, -0.2) is 14.6 Å². The smallest absolute Gasteiger partial charge is 0.356 e. The largest absolute Gasteiger partial charge is 0.478 e. The maximum absolute atomic E-state index is 11.3. The van der Waals surface area contributed by atoms with E-state index in [4.69, 9.17) is 5.11 Å². The van der Waals surface area contributed by atoms with Gasteiger partial charge >= 0.3 is 11.9 Å². The molecule has 0 aromatic carbocycles. The fraction of sp³-hybridized carbons (Fsp3) is 0.357. The van der Waals surface area contributed by atoms with Crippen molar-refractivity contribution in [2.45, 2.75) is 27.2 Å². The molecule has 2 aromatic heterocycles. The van der Waals surface area contributed by atoms with E-state index < -0.39 is 11.9 Å². The van der Waals surface area contributed by atoms with Crippen molar-refractivity contribution in [3.8, 4) is 0 Å². The third-order valence-corrected chi connectivity index (χ3v) is 2.85. The van der Waals surface area contributed by atoms with Crippen molar-refractivity contribution >= 4 is 17.5 Å². The average molecular weight is 276 g/mol. The van der Waals surface area contributed by atoms with E-state index in [1.54, 1.807) is 10.6 Å². The Morgan fingerprint density at radius 3 is 2.40 bits per heavy atom. The molecular formula is C14H16N2O4. The van der Waals surface area contributed by atoms with Crippen LogP contribution in [-0.4, -0.2) is 31.5 Å². The molecular weight excluding hydrogens is 260 g/mol. The minimum Gasteiger partial charge on any atom is -0.478 e. The fourth-order valence-electron chi connectivity index (χ4n) is 2.04. The van der Waals surface area contributed by atoms with Crippen molar-refractivity contribution < 1.29 is 19.8 Å². The zero-order valence-corrected chi connectivity index (χ0v) is 11.5. The van der Waals surface area contributed by atoms with E-state index >= 15 is 0 Å². The summed E-state index contributed by atoms with van der Waals surface area (Å²) in [5.74, 6) is -1.64. The van der Waals surface area contributed by atoms with Gasteiger partial charge in [-0.2, -0.15) is 0 Å². The lowest BCUT2D eigenvalue weighted by Gasteiger charge is -2.16. The first-order chi connectivity index (χ1) is 9.19. The number of carboxylic acids is 2. The molecule has 106 valence electrons. The quantitative estimate of drug-likeness (QED) is 0.897. The van der Waals surface area contributed by atoms with E-state index in [-0.39, 0.29) is 16.7 Å². The lowest BCUT2D eigenvalue weighted by Crippen LogP contribution is -2.12. The Morgan fingerprint density at radius 1 is 1.25 bits per heavy atom. The molecule has 0 amide bonds. The van der Waals surface area contributed by atoms with Crippen molar-refractivity contribution in [3.05, 3.63) is 35.4 Å². The second-order valence-electron chi connectivity index (χ2n) is 5.90. The maximum Gasteiger partial charge on any atom is 0.356 e. The number of imidazole rings is 1. The molecule has 6 nitrogen and oxygen atoms in total. The first-order valence-electron chi connectivity index (χ1n) is 6.16. The van der Waals surface area contributed by atoms with Gasteiger partial charge in [0.15, 0.2) is 5.69 Å². The van der Waals surface area contributed by atoms with Gasteiger partial charge < -0.3 is 14.6 Å². The van der Waals surface area contributed by atoms with E-state index in [1.165, 1.54) is 12.1 Å². The zero-order valence-electron chi connectivity index (χ0n) is 11.5. The van der Waals surface area contributed by atoms with Gasteiger partial charge in [-0.3, -0.25) is 0 Å². The van der Waals surface area contributed by atoms with Crippen molar-refractivity contribution in [1.29, 1.82) is 0 Å². The predicted octanol–water partition coefficient (Wildman–Crippen LogP) is 2.32. The minimum absolute atomic E-state index is 0.0437. The molecule has 0 aliphatic carbocycles. The van der Waals surface area contributed by atoms with Gasteiger partial charge in [0.05, 0.1) is 11.1 Å². The molecule has 0 fully saturated rings. The summed E-state index contributed by atoms with van der Waals surface area (Å²) in [5, 5.41) is 18.2. The van der Waals surface area contributed by atoms with E-state index in [0.717, 1.165) is 0 Å². The van der Waals surface area contributed by atoms with Gasteiger partial charge in [-0.15, -0.1) is 0 Å². The number of rotatable bonds is 3.